The van der Waals surface area contributed by atoms with Gasteiger partial charge in [-0.25, -0.2) is 4.39 Å². The monoisotopic (exact) mass is 280 g/mol. The van der Waals surface area contributed by atoms with E-state index >= 15 is 0 Å². The Bertz CT molecular complexity index is 808. The van der Waals surface area contributed by atoms with Gasteiger partial charge in [0, 0.05) is 0 Å². The number of carbonyl (C=O) groups is 2. The second-order valence-electron chi connectivity index (χ2n) is 4.65. The van der Waals surface area contributed by atoms with Crippen LogP contribution in [-0.2, 0) is 11.3 Å². The van der Waals surface area contributed by atoms with Crippen LogP contribution in [0, 0.1) is 17.1 Å². The predicted molar refractivity (Wildman–Crippen MR) is 73.1 cm³/mol. The molecule has 0 fully saturated rings. The Morgan fingerprint density at radius 2 is 1.90 bits per heavy atom. The van der Waals surface area contributed by atoms with E-state index in [1.54, 1.807) is 24.3 Å². The van der Waals surface area contributed by atoms with Crippen LogP contribution >= 0.6 is 0 Å². The summed E-state index contributed by atoms with van der Waals surface area (Å²) in [5, 5.41) is 9.07. The van der Waals surface area contributed by atoms with Gasteiger partial charge in [0.25, 0.3) is 11.7 Å². The third-order valence-electron chi connectivity index (χ3n) is 3.40. The molecule has 0 atom stereocenters. The lowest BCUT2D eigenvalue weighted by atomic mass is 10.1. The van der Waals surface area contributed by atoms with Crippen LogP contribution in [0.15, 0.2) is 42.5 Å². The molecule has 0 radical (unpaired) electrons. The van der Waals surface area contributed by atoms with Crippen molar-refractivity contribution in [1.82, 2.24) is 0 Å². The van der Waals surface area contributed by atoms with Gasteiger partial charge in [0.1, 0.15) is 5.82 Å². The summed E-state index contributed by atoms with van der Waals surface area (Å²) in [6.45, 7) is 0.0603. The van der Waals surface area contributed by atoms with E-state index in [9.17, 15) is 14.0 Å². The number of halogens is 1. The van der Waals surface area contributed by atoms with E-state index in [2.05, 4.69) is 0 Å². The number of amides is 1. The number of benzene rings is 2. The molecule has 3 rings (SSSR count). The van der Waals surface area contributed by atoms with Crippen LogP contribution in [0.3, 0.4) is 0 Å². The highest BCUT2D eigenvalue weighted by atomic mass is 19.1. The fourth-order valence-corrected chi connectivity index (χ4v) is 2.36. The lowest BCUT2D eigenvalue weighted by molar-refractivity contribution is -0.114. The fraction of sp³-hybridized carbons (Fsp3) is 0.0625. The maximum atomic E-state index is 13.4. The summed E-state index contributed by atoms with van der Waals surface area (Å²) in [5.74, 6) is -1.88. The fourth-order valence-electron chi connectivity index (χ4n) is 2.36. The van der Waals surface area contributed by atoms with Gasteiger partial charge in [0.05, 0.1) is 29.4 Å². The van der Waals surface area contributed by atoms with Gasteiger partial charge in [-0.2, -0.15) is 5.26 Å². The highest BCUT2D eigenvalue weighted by Crippen LogP contribution is 2.31. The van der Waals surface area contributed by atoms with Gasteiger partial charge in [0.15, 0.2) is 0 Å². The number of Topliss-reactive ketones (excluding diaryl/α,β-unsaturated/α-hetero) is 1. The molecule has 0 bridgehead atoms. The highest BCUT2D eigenvalue weighted by molar-refractivity contribution is 6.52. The minimum atomic E-state index is -0.705. The SMILES string of the molecule is N#Cc1ccccc1CN1C(=O)C(=O)c2ccc(F)cc21. The molecular formula is C16H9FN2O2. The molecule has 1 heterocycles. The van der Waals surface area contributed by atoms with E-state index in [1.165, 1.54) is 11.0 Å². The Hall–Kier alpha value is -3.00. The van der Waals surface area contributed by atoms with Crippen molar-refractivity contribution in [3.8, 4) is 6.07 Å². The summed E-state index contributed by atoms with van der Waals surface area (Å²) in [6, 6.07) is 12.4. The van der Waals surface area contributed by atoms with Crippen LogP contribution < -0.4 is 4.90 Å². The van der Waals surface area contributed by atoms with E-state index in [-0.39, 0.29) is 17.8 Å². The van der Waals surface area contributed by atoms with Gasteiger partial charge in [0.2, 0.25) is 0 Å². The van der Waals surface area contributed by atoms with E-state index in [1.807, 2.05) is 6.07 Å². The van der Waals surface area contributed by atoms with Crippen molar-refractivity contribution >= 4 is 17.4 Å². The van der Waals surface area contributed by atoms with Crippen molar-refractivity contribution in [2.45, 2.75) is 6.54 Å². The molecule has 0 spiro atoms. The zero-order valence-corrected chi connectivity index (χ0v) is 10.8. The van der Waals surface area contributed by atoms with E-state index in [0.717, 1.165) is 12.1 Å². The predicted octanol–water partition coefficient (Wildman–Crippen LogP) is 2.43. The summed E-state index contributed by atoms with van der Waals surface area (Å²) in [6.07, 6.45) is 0. The van der Waals surface area contributed by atoms with Crippen molar-refractivity contribution in [3.63, 3.8) is 0 Å². The molecule has 0 unspecified atom stereocenters. The molecule has 102 valence electrons. The zero-order valence-electron chi connectivity index (χ0n) is 10.8. The minimum absolute atomic E-state index is 0.0603. The van der Waals surface area contributed by atoms with Crippen molar-refractivity contribution in [2.24, 2.45) is 0 Å². The number of hydrogen-bond donors (Lipinski definition) is 0. The zero-order chi connectivity index (χ0) is 15.0. The van der Waals surface area contributed by atoms with Crippen LogP contribution in [0.1, 0.15) is 21.5 Å². The maximum absolute atomic E-state index is 13.4. The lowest BCUT2D eigenvalue weighted by Crippen LogP contribution is -2.29. The molecule has 0 saturated carbocycles. The van der Waals surface area contributed by atoms with Crippen LogP contribution in [0.25, 0.3) is 0 Å². The van der Waals surface area contributed by atoms with Gasteiger partial charge in [-0.15, -0.1) is 0 Å². The van der Waals surface area contributed by atoms with E-state index < -0.39 is 17.5 Å². The van der Waals surface area contributed by atoms with E-state index in [0.29, 0.717) is 11.1 Å². The average Bonchev–Trinajstić information content (AvgIpc) is 2.72. The number of nitrogens with zero attached hydrogens (tertiary/aromatic N) is 2. The van der Waals surface area contributed by atoms with Crippen LogP contribution in [0.5, 0.6) is 0 Å². The summed E-state index contributed by atoms with van der Waals surface area (Å²) in [5.41, 5.74) is 1.47. The van der Waals surface area contributed by atoms with Crippen molar-refractivity contribution in [1.29, 1.82) is 5.26 Å². The molecule has 1 amide bonds. The number of rotatable bonds is 2. The molecule has 2 aromatic rings. The van der Waals surface area contributed by atoms with Crippen molar-refractivity contribution in [2.75, 3.05) is 4.90 Å². The number of nitriles is 1. The second kappa shape index (κ2) is 4.84. The molecule has 1 aliphatic heterocycles. The smallest absolute Gasteiger partial charge is 0.299 e. The van der Waals surface area contributed by atoms with Crippen molar-refractivity contribution < 1.29 is 14.0 Å². The van der Waals surface area contributed by atoms with Crippen LogP contribution in [0.4, 0.5) is 10.1 Å². The van der Waals surface area contributed by atoms with E-state index in [4.69, 9.17) is 5.26 Å². The largest absolute Gasteiger partial charge is 0.300 e. The van der Waals surface area contributed by atoms with Gasteiger partial charge in [-0.05, 0) is 29.8 Å². The number of anilines is 1. The summed E-state index contributed by atoms with van der Waals surface area (Å²) < 4.78 is 13.4. The molecule has 1 aliphatic rings. The molecule has 2 aromatic carbocycles. The van der Waals surface area contributed by atoms with Crippen molar-refractivity contribution in [3.05, 3.63) is 65.0 Å². The average molecular weight is 280 g/mol. The Morgan fingerprint density at radius 1 is 1.14 bits per heavy atom. The molecule has 0 N–H and O–H groups in total. The normalized spacial score (nSPS) is 13.2. The van der Waals surface area contributed by atoms with Gasteiger partial charge < -0.3 is 4.90 Å². The minimum Gasteiger partial charge on any atom is -0.300 e. The number of hydrogen-bond acceptors (Lipinski definition) is 3. The Morgan fingerprint density at radius 3 is 2.67 bits per heavy atom. The highest BCUT2D eigenvalue weighted by Gasteiger charge is 2.36. The third-order valence-corrected chi connectivity index (χ3v) is 3.40. The Labute approximate surface area is 120 Å². The molecule has 5 heteroatoms. The topological polar surface area (TPSA) is 61.2 Å². The standard InChI is InChI=1S/C16H9FN2O2/c17-12-5-6-13-14(7-12)19(16(21)15(13)20)9-11-4-2-1-3-10(11)8-18/h1-7H,9H2. The first kappa shape index (κ1) is 13.0. The van der Waals surface area contributed by atoms with Gasteiger partial charge in [-0.1, -0.05) is 18.2 Å². The quantitative estimate of drug-likeness (QED) is 0.794. The third kappa shape index (κ3) is 2.07. The lowest BCUT2D eigenvalue weighted by Gasteiger charge is -2.17. The Balaban J connectivity index is 2.05. The summed E-state index contributed by atoms with van der Waals surface area (Å²) in [4.78, 5) is 25.1. The van der Waals surface area contributed by atoms with Crippen LogP contribution in [-0.4, -0.2) is 11.7 Å². The molecule has 4 nitrogen and oxygen atoms in total. The maximum Gasteiger partial charge on any atom is 0.299 e. The molecule has 21 heavy (non-hydrogen) atoms. The van der Waals surface area contributed by atoms with Gasteiger partial charge in [-0.3, -0.25) is 9.59 Å². The molecular weight excluding hydrogens is 271 g/mol. The first-order valence-corrected chi connectivity index (χ1v) is 6.25. The Kier molecular flexibility index (Phi) is 2.99. The first-order chi connectivity index (χ1) is 10.1. The van der Waals surface area contributed by atoms with Gasteiger partial charge >= 0.3 is 0 Å². The van der Waals surface area contributed by atoms with Crippen LogP contribution in [0.2, 0.25) is 0 Å². The molecule has 0 aromatic heterocycles. The second-order valence-corrected chi connectivity index (χ2v) is 4.65. The molecule has 0 aliphatic carbocycles. The number of ketones is 1. The molecule has 0 saturated heterocycles. The summed E-state index contributed by atoms with van der Waals surface area (Å²) in [7, 11) is 0. The number of carbonyl (C=O) groups excluding carboxylic acids is 2. The summed E-state index contributed by atoms with van der Waals surface area (Å²) >= 11 is 0. The first-order valence-electron chi connectivity index (χ1n) is 6.25. The number of fused-ring (bicyclic) bond motifs is 1.